The van der Waals surface area contributed by atoms with Crippen LogP contribution < -0.4 is 14.8 Å². The van der Waals surface area contributed by atoms with Gasteiger partial charge in [-0.3, -0.25) is 0 Å². The fraction of sp³-hybridized carbons (Fsp3) is 0.500. The number of aliphatic carboxylic acids is 1. The summed E-state index contributed by atoms with van der Waals surface area (Å²) in [6.45, 7) is 3.34. The zero-order valence-electron chi connectivity index (χ0n) is 12.0. The number of carboxylic acids is 1. The van der Waals surface area contributed by atoms with Crippen LogP contribution in [0.3, 0.4) is 0 Å². The predicted molar refractivity (Wildman–Crippen MR) is 74.3 cm³/mol. The van der Waals surface area contributed by atoms with E-state index in [4.69, 9.17) is 19.3 Å². The molecule has 0 aliphatic carbocycles. The van der Waals surface area contributed by atoms with E-state index in [1.54, 1.807) is 26.4 Å². The quantitative estimate of drug-likeness (QED) is 0.665. The molecule has 0 fully saturated rings. The van der Waals surface area contributed by atoms with E-state index in [1.165, 1.54) is 6.92 Å². The molecule has 1 atom stereocenters. The summed E-state index contributed by atoms with van der Waals surface area (Å²) < 4.78 is 15.6. The maximum atomic E-state index is 10.9. The van der Waals surface area contributed by atoms with Gasteiger partial charge in [-0.2, -0.15) is 0 Å². The van der Waals surface area contributed by atoms with E-state index in [9.17, 15) is 4.79 Å². The molecule has 0 radical (unpaired) electrons. The van der Waals surface area contributed by atoms with Gasteiger partial charge in [-0.05, 0) is 25.1 Å². The van der Waals surface area contributed by atoms with E-state index in [1.807, 2.05) is 6.07 Å². The molecular formula is C14H21NO5. The van der Waals surface area contributed by atoms with Gasteiger partial charge < -0.3 is 24.6 Å². The standard InChI is InChI=1S/C14H21NO5/c1-10(14(16)17)20-13-5-4-12(19-3)8-11(13)9-15-6-7-18-2/h4-5,8,10,15H,6-7,9H2,1-3H3,(H,16,17). The highest BCUT2D eigenvalue weighted by Crippen LogP contribution is 2.25. The third-order valence-corrected chi connectivity index (χ3v) is 2.72. The predicted octanol–water partition coefficient (Wildman–Crippen LogP) is 1.28. The van der Waals surface area contributed by atoms with Gasteiger partial charge in [-0.15, -0.1) is 0 Å². The van der Waals surface area contributed by atoms with Gasteiger partial charge in [-0.25, -0.2) is 4.79 Å². The van der Waals surface area contributed by atoms with Gasteiger partial charge in [-0.1, -0.05) is 0 Å². The highest BCUT2D eigenvalue weighted by Gasteiger charge is 2.15. The molecule has 2 N–H and O–H groups in total. The van der Waals surface area contributed by atoms with Crippen LogP contribution in [0.15, 0.2) is 18.2 Å². The lowest BCUT2D eigenvalue weighted by Gasteiger charge is -2.16. The molecule has 6 nitrogen and oxygen atoms in total. The molecule has 112 valence electrons. The number of methoxy groups -OCH3 is 2. The third kappa shape index (κ3) is 5.07. The van der Waals surface area contributed by atoms with Crippen molar-refractivity contribution in [2.24, 2.45) is 0 Å². The van der Waals surface area contributed by atoms with Crippen LogP contribution in [-0.2, 0) is 16.1 Å². The number of carbonyl (C=O) groups is 1. The van der Waals surface area contributed by atoms with Crippen molar-refractivity contribution >= 4 is 5.97 Å². The molecule has 0 amide bonds. The normalized spacial score (nSPS) is 11.9. The van der Waals surface area contributed by atoms with Crippen LogP contribution in [0.25, 0.3) is 0 Å². The summed E-state index contributed by atoms with van der Waals surface area (Å²) in [6.07, 6.45) is -0.902. The van der Waals surface area contributed by atoms with Crippen LogP contribution in [0.5, 0.6) is 11.5 Å². The Balaban J connectivity index is 2.77. The van der Waals surface area contributed by atoms with Crippen molar-refractivity contribution in [3.63, 3.8) is 0 Å². The van der Waals surface area contributed by atoms with E-state index >= 15 is 0 Å². The molecular weight excluding hydrogens is 262 g/mol. The number of benzene rings is 1. The Kier molecular flexibility index (Phi) is 6.83. The fourth-order valence-corrected chi connectivity index (χ4v) is 1.57. The summed E-state index contributed by atoms with van der Waals surface area (Å²) in [5.41, 5.74) is 0.841. The smallest absolute Gasteiger partial charge is 0.344 e. The Morgan fingerprint density at radius 2 is 2.15 bits per heavy atom. The van der Waals surface area contributed by atoms with E-state index in [0.29, 0.717) is 31.2 Å². The maximum Gasteiger partial charge on any atom is 0.344 e. The van der Waals surface area contributed by atoms with Gasteiger partial charge in [0, 0.05) is 25.8 Å². The van der Waals surface area contributed by atoms with Gasteiger partial charge in [0.25, 0.3) is 0 Å². The van der Waals surface area contributed by atoms with Crippen LogP contribution in [0.1, 0.15) is 12.5 Å². The van der Waals surface area contributed by atoms with E-state index in [-0.39, 0.29) is 0 Å². The summed E-state index contributed by atoms with van der Waals surface area (Å²) in [7, 11) is 3.22. The lowest BCUT2D eigenvalue weighted by atomic mass is 10.2. The van der Waals surface area contributed by atoms with E-state index in [0.717, 1.165) is 5.56 Å². The molecule has 0 saturated carbocycles. The Bertz CT molecular complexity index is 436. The van der Waals surface area contributed by atoms with E-state index in [2.05, 4.69) is 5.32 Å². The number of rotatable bonds is 9. The van der Waals surface area contributed by atoms with Crippen LogP contribution in [-0.4, -0.2) is 44.6 Å². The van der Waals surface area contributed by atoms with E-state index < -0.39 is 12.1 Å². The largest absolute Gasteiger partial charge is 0.497 e. The molecule has 0 aromatic heterocycles. The van der Waals surface area contributed by atoms with Gasteiger partial charge in [0.05, 0.1) is 13.7 Å². The SMILES string of the molecule is COCCNCc1cc(OC)ccc1OC(C)C(=O)O. The Labute approximate surface area is 118 Å². The van der Waals surface area contributed by atoms with Crippen molar-refractivity contribution in [1.82, 2.24) is 5.32 Å². The van der Waals surface area contributed by atoms with Crippen molar-refractivity contribution in [1.29, 1.82) is 0 Å². The second-order valence-corrected chi connectivity index (χ2v) is 4.24. The maximum absolute atomic E-state index is 10.9. The number of nitrogens with one attached hydrogen (secondary N) is 1. The molecule has 6 heteroatoms. The molecule has 0 aliphatic rings. The molecule has 0 spiro atoms. The summed E-state index contributed by atoms with van der Waals surface area (Å²) in [5, 5.41) is 12.1. The third-order valence-electron chi connectivity index (χ3n) is 2.72. The first-order valence-electron chi connectivity index (χ1n) is 6.34. The van der Waals surface area contributed by atoms with Crippen molar-refractivity contribution < 1.29 is 24.1 Å². The zero-order chi connectivity index (χ0) is 15.0. The van der Waals surface area contributed by atoms with Crippen LogP contribution in [0, 0.1) is 0 Å². The second kappa shape index (κ2) is 8.39. The molecule has 0 heterocycles. The van der Waals surface area contributed by atoms with Crippen molar-refractivity contribution in [2.45, 2.75) is 19.6 Å². The molecule has 1 aromatic rings. The molecule has 0 aliphatic heterocycles. The highest BCUT2D eigenvalue weighted by atomic mass is 16.5. The van der Waals surface area contributed by atoms with Gasteiger partial charge >= 0.3 is 5.97 Å². The molecule has 0 bridgehead atoms. The van der Waals surface area contributed by atoms with Crippen molar-refractivity contribution in [3.05, 3.63) is 23.8 Å². The summed E-state index contributed by atoms with van der Waals surface area (Å²) >= 11 is 0. The lowest BCUT2D eigenvalue weighted by Crippen LogP contribution is -2.24. The topological polar surface area (TPSA) is 77.0 Å². The molecule has 1 rings (SSSR count). The minimum atomic E-state index is -1.00. The lowest BCUT2D eigenvalue weighted by molar-refractivity contribution is -0.144. The zero-order valence-corrected chi connectivity index (χ0v) is 12.0. The average Bonchev–Trinajstić information content (AvgIpc) is 2.44. The highest BCUT2D eigenvalue weighted by molar-refractivity contribution is 5.72. The van der Waals surface area contributed by atoms with Crippen LogP contribution in [0.4, 0.5) is 0 Å². The summed E-state index contributed by atoms with van der Waals surface area (Å²) in [6, 6.07) is 5.28. The molecule has 20 heavy (non-hydrogen) atoms. The van der Waals surface area contributed by atoms with Gasteiger partial charge in [0.15, 0.2) is 6.10 Å². The minimum absolute atomic E-state index is 0.533. The monoisotopic (exact) mass is 283 g/mol. The van der Waals surface area contributed by atoms with Crippen molar-refractivity contribution in [2.75, 3.05) is 27.4 Å². The fourth-order valence-electron chi connectivity index (χ4n) is 1.57. The van der Waals surface area contributed by atoms with Crippen LogP contribution >= 0.6 is 0 Å². The second-order valence-electron chi connectivity index (χ2n) is 4.24. The Morgan fingerprint density at radius 3 is 2.75 bits per heavy atom. The molecule has 1 aromatic carbocycles. The first-order valence-corrected chi connectivity index (χ1v) is 6.34. The average molecular weight is 283 g/mol. The minimum Gasteiger partial charge on any atom is -0.497 e. The summed E-state index contributed by atoms with van der Waals surface area (Å²) in [5.74, 6) is 0.230. The summed E-state index contributed by atoms with van der Waals surface area (Å²) in [4.78, 5) is 10.9. The molecule has 0 saturated heterocycles. The number of hydrogen-bond acceptors (Lipinski definition) is 5. The van der Waals surface area contributed by atoms with Crippen molar-refractivity contribution in [3.8, 4) is 11.5 Å². The number of hydrogen-bond donors (Lipinski definition) is 2. The van der Waals surface area contributed by atoms with Gasteiger partial charge in [0.2, 0.25) is 0 Å². The first-order chi connectivity index (χ1) is 9.58. The first kappa shape index (κ1) is 16.3. The Hall–Kier alpha value is -1.79. The number of ether oxygens (including phenoxy) is 3. The Morgan fingerprint density at radius 1 is 1.40 bits per heavy atom. The number of carboxylic acid groups (broad SMARTS) is 1. The molecule has 1 unspecified atom stereocenters. The van der Waals surface area contributed by atoms with Crippen LogP contribution in [0.2, 0.25) is 0 Å². The van der Waals surface area contributed by atoms with Gasteiger partial charge in [0.1, 0.15) is 11.5 Å².